The van der Waals surface area contributed by atoms with E-state index >= 15 is 0 Å². The molecule has 78 valence electrons. The van der Waals surface area contributed by atoms with E-state index in [0.29, 0.717) is 6.04 Å². The molecule has 0 saturated carbocycles. The first-order chi connectivity index (χ1) is 6.79. The lowest BCUT2D eigenvalue weighted by Crippen LogP contribution is -2.17. The van der Waals surface area contributed by atoms with Gasteiger partial charge in [0.2, 0.25) is 0 Å². The molecule has 1 atom stereocenters. The van der Waals surface area contributed by atoms with Crippen molar-refractivity contribution in [1.29, 1.82) is 0 Å². The summed E-state index contributed by atoms with van der Waals surface area (Å²) in [5, 5.41) is 0. The summed E-state index contributed by atoms with van der Waals surface area (Å²) in [5.41, 5.74) is 7.10. The van der Waals surface area contributed by atoms with Crippen molar-refractivity contribution >= 4 is 11.8 Å². The van der Waals surface area contributed by atoms with Gasteiger partial charge in [-0.1, -0.05) is 30.3 Å². The van der Waals surface area contributed by atoms with E-state index in [0.717, 1.165) is 5.75 Å². The van der Waals surface area contributed by atoms with Gasteiger partial charge in [0.05, 0.1) is 0 Å². The predicted octanol–water partition coefficient (Wildman–Crippen LogP) is 2.70. The molecule has 0 amide bonds. The largest absolute Gasteiger partial charge is 0.327 e. The Bertz CT molecular complexity index is 233. The summed E-state index contributed by atoms with van der Waals surface area (Å²) in [7, 11) is 0. The molecule has 0 aliphatic rings. The third-order valence-electron chi connectivity index (χ3n) is 1.98. The summed E-state index contributed by atoms with van der Waals surface area (Å²) in [6.07, 6.45) is 2.44. The first-order valence-corrected chi connectivity index (χ1v) is 6.32. The summed E-state index contributed by atoms with van der Waals surface area (Å²) >= 11 is 1.96. The van der Waals surface area contributed by atoms with Gasteiger partial charge in [0.25, 0.3) is 0 Å². The summed E-state index contributed by atoms with van der Waals surface area (Å²) in [6, 6.07) is 11.0. The number of thioether (sulfide) groups is 1. The minimum Gasteiger partial charge on any atom is -0.327 e. The molecule has 2 N–H and O–H groups in total. The van der Waals surface area contributed by atoms with Crippen LogP contribution >= 0.6 is 11.8 Å². The topological polar surface area (TPSA) is 26.0 Å². The smallest absolute Gasteiger partial charge is 0.0101 e. The monoisotopic (exact) mass is 209 g/mol. The fourth-order valence-corrected chi connectivity index (χ4v) is 2.18. The molecule has 0 bridgehead atoms. The molecular weight excluding hydrogens is 190 g/mol. The van der Waals surface area contributed by atoms with Gasteiger partial charge < -0.3 is 5.73 Å². The number of nitrogens with two attached hydrogens (primary N) is 1. The third kappa shape index (κ3) is 5.30. The van der Waals surface area contributed by atoms with Crippen LogP contribution in [-0.4, -0.2) is 17.5 Å². The van der Waals surface area contributed by atoms with Crippen LogP contribution in [-0.2, 0) is 6.42 Å². The summed E-state index contributed by atoms with van der Waals surface area (Å²) < 4.78 is 0. The second kappa shape index (κ2) is 6.91. The Kier molecular flexibility index (Phi) is 5.72. The highest BCUT2D eigenvalue weighted by atomic mass is 32.2. The van der Waals surface area contributed by atoms with Crippen molar-refractivity contribution < 1.29 is 0 Å². The van der Waals surface area contributed by atoms with Crippen molar-refractivity contribution in [1.82, 2.24) is 0 Å². The van der Waals surface area contributed by atoms with Gasteiger partial charge in [-0.2, -0.15) is 11.8 Å². The fraction of sp³-hybridized carbons (Fsp3) is 0.500. The van der Waals surface area contributed by atoms with Crippen LogP contribution in [0.5, 0.6) is 0 Å². The van der Waals surface area contributed by atoms with Crippen LogP contribution in [0.2, 0.25) is 0 Å². The molecule has 0 fully saturated rings. The Morgan fingerprint density at radius 1 is 1.29 bits per heavy atom. The zero-order valence-electron chi connectivity index (χ0n) is 8.78. The van der Waals surface area contributed by atoms with E-state index in [2.05, 4.69) is 37.3 Å². The molecule has 2 heteroatoms. The van der Waals surface area contributed by atoms with Gasteiger partial charge in [0.1, 0.15) is 0 Å². The van der Waals surface area contributed by atoms with E-state index < -0.39 is 0 Å². The summed E-state index contributed by atoms with van der Waals surface area (Å²) in [5.74, 6) is 2.30. The van der Waals surface area contributed by atoms with Gasteiger partial charge in [0, 0.05) is 11.8 Å². The molecule has 0 aliphatic heterocycles. The molecule has 14 heavy (non-hydrogen) atoms. The number of hydrogen-bond acceptors (Lipinski definition) is 2. The van der Waals surface area contributed by atoms with Crippen molar-refractivity contribution in [3.8, 4) is 0 Å². The highest BCUT2D eigenvalue weighted by Gasteiger charge is 1.95. The third-order valence-corrected chi connectivity index (χ3v) is 3.32. The molecule has 1 rings (SSSR count). The predicted molar refractivity (Wildman–Crippen MR) is 65.7 cm³/mol. The van der Waals surface area contributed by atoms with E-state index in [1.165, 1.54) is 24.2 Å². The average Bonchev–Trinajstić information content (AvgIpc) is 2.18. The van der Waals surface area contributed by atoms with E-state index in [4.69, 9.17) is 5.73 Å². The van der Waals surface area contributed by atoms with Crippen LogP contribution in [0.3, 0.4) is 0 Å². The SMILES string of the molecule is CC(N)CSCCCc1ccccc1. The summed E-state index contributed by atoms with van der Waals surface area (Å²) in [6.45, 7) is 2.06. The minimum absolute atomic E-state index is 0.330. The average molecular weight is 209 g/mol. The minimum atomic E-state index is 0.330. The Labute approximate surface area is 91.1 Å². The van der Waals surface area contributed by atoms with Gasteiger partial charge in [-0.25, -0.2) is 0 Å². The molecule has 1 unspecified atom stereocenters. The van der Waals surface area contributed by atoms with Crippen molar-refractivity contribution in [2.45, 2.75) is 25.8 Å². The fourth-order valence-electron chi connectivity index (χ4n) is 1.29. The second-order valence-corrected chi connectivity index (χ2v) is 4.79. The number of rotatable bonds is 6. The van der Waals surface area contributed by atoms with Crippen LogP contribution in [0, 0.1) is 0 Å². The zero-order chi connectivity index (χ0) is 10.2. The maximum Gasteiger partial charge on any atom is 0.0101 e. The Morgan fingerprint density at radius 2 is 2.00 bits per heavy atom. The molecule has 1 nitrogen and oxygen atoms in total. The van der Waals surface area contributed by atoms with Gasteiger partial charge >= 0.3 is 0 Å². The van der Waals surface area contributed by atoms with Gasteiger partial charge in [0.15, 0.2) is 0 Å². The van der Waals surface area contributed by atoms with E-state index in [-0.39, 0.29) is 0 Å². The molecule has 0 saturated heterocycles. The maximum absolute atomic E-state index is 5.66. The van der Waals surface area contributed by atoms with Gasteiger partial charge in [-0.05, 0) is 31.1 Å². The van der Waals surface area contributed by atoms with Crippen molar-refractivity contribution in [3.63, 3.8) is 0 Å². The number of aryl methyl sites for hydroxylation is 1. The van der Waals surface area contributed by atoms with E-state index in [1.807, 2.05) is 11.8 Å². The van der Waals surface area contributed by atoms with Crippen LogP contribution in [0.25, 0.3) is 0 Å². The standard InChI is InChI=1S/C12H19NS/c1-11(13)10-14-9-5-8-12-6-3-2-4-7-12/h2-4,6-7,11H,5,8-10,13H2,1H3. The number of hydrogen-bond donors (Lipinski definition) is 1. The summed E-state index contributed by atoms with van der Waals surface area (Å²) in [4.78, 5) is 0. The lowest BCUT2D eigenvalue weighted by atomic mass is 10.1. The normalized spacial score (nSPS) is 12.7. The first kappa shape index (κ1) is 11.6. The van der Waals surface area contributed by atoms with Crippen LogP contribution in [0.1, 0.15) is 18.9 Å². The molecule has 0 aliphatic carbocycles. The molecule has 0 radical (unpaired) electrons. The molecule has 0 spiro atoms. The molecule has 1 aromatic carbocycles. The highest BCUT2D eigenvalue weighted by molar-refractivity contribution is 7.99. The zero-order valence-corrected chi connectivity index (χ0v) is 9.59. The van der Waals surface area contributed by atoms with Crippen LogP contribution in [0.15, 0.2) is 30.3 Å². The Hall–Kier alpha value is -0.470. The number of benzene rings is 1. The van der Waals surface area contributed by atoms with Gasteiger partial charge in [-0.3, -0.25) is 0 Å². The molecule has 0 aromatic heterocycles. The van der Waals surface area contributed by atoms with Crippen molar-refractivity contribution in [3.05, 3.63) is 35.9 Å². The maximum atomic E-state index is 5.66. The van der Waals surface area contributed by atoms with Crippen LogP contribution < -0.4 is 5.73 Å². The highest BCUT2D eigenvalue weighted by Crippen LogP contribution is 2.08. The van der Waals surface area contributed by atoms with Crippen molar-refractivity contribution in [2.24, 2.45) is 5.73 Å². The Morgan fingerprint density at radius 3 is 2.64 bits per heavy atom. The molecular formula is C12H19NS. The molecule has 1 aromatic rings. The van der Waals surface area contributed by atoms with E-state index in [9.17, 15) is 0 Å². The van der Waals surface area contributed by atoms with Gasteiger partial charge in [-0.15, -0.1) is 0 Å². The first-order valence-electron chi connectivity index (χ1n) is 5.16. The van der Waals surface area contributed by atoms with E-state index in [1.54, 1.807) is 0 Å². The molecule has 0 heterocycles. The lowest BCUT2D eigenvalue weighted by Gasteiger charge is -2.04. The van der Waals surface area contributed by atoms with Crippen molar-refractivity contribution in [2.75, 3.05) is 11.5 Å². The lowest BCUT2D eigenvalue weighted by molar-refractivity contribution is 0.844. The Balaban J connectivity index is 2.05. The quantitative estimate of drug-likeness (QED) is 0.729. The second-order valence-electron chi connectivity index (χ2n) is 3.64. The van der Waals surface area contributed by atoms with Crippen LogP contribution in [0.4, 0.5) is 0 Å².